The molecule has 0 unspecified atom stereocenters. The van der Waals surface area contributed by atoms with Crippen molar-refractivity contribution >= 4 is 81.4 Å². The lowest BCUT2D eigenvalue weighted by atomic mass is 9.95. The highest BCUT2D eigenvalue weighted by atomic mass is 35.5. The first-order valence-electron chi connectivity index (χ1n) is 16.8. The van der Waals surface area contributed by atoms with Crippen molar-refractivity contribution in [3.05, 3.63) is 80.8 Å². The van der Waals surface area contributed by atoms with Crippen LogP contribution in [0.25, 0.3) is 33.4 Å². The fourth-order valence-electron chi connectivity index (χ4n) is 7.27. The predicted octanol–water partition coefficient (Wildman–Crippen LogP) is 7.31. The summed E-state index contributed by atoms with van der Waals surface area (Å²) in [6, 6.07) is 18.0. The molecule has 4 aromatic carbocycles. The number of carbonyl (C=O) groups excluding carboxylic acids is 4. The van der Waals surface area contributed by atoms with Crippen molar-refractivity contribution in [3.8, 4) is 44.9 Å². The van der Waals surface area contributed by atoms with Gasteiger partial charge in [-0.05, 0) is 48.2 Å². The van der Waals surface area contributed by atoms with Gasteiger partial charge in [0.1, 0.15) is 22.9 Å². The summed E-state index contributed by atoms with van der Waals surface area (Å²) in [7, 11) is 0. The zero-order valence-electron chi connectivity index (χ0n) is 27.4. The summed E-state index contributed by atoms with van der Waals surface area (Å²) in [5.41, 5.74) is 4.97. The molecular weight excluding hydrogens is 750 g/mol. The van der Waals surface area contributed by atoms with Gasteiger partial charge in [0, 0.05) is 60.3 Å². The second kappa shape index (κ2) is 13.8. The van der Waals surface area contributed by atoms with E-state index in [-0.39, 0.29) is 48.9 Å². The second-order valence-corrected chi connectivity index (χ2v) is 14.7. The Hall–Kier alpha value is -4.48. The van der Waals surface area contributed by atoms with E-state index < -0.39 is 0 Å². The van der Waals surface area contributed by atoms with Crippen LogP contribution in [-0.4, -0.2) is 62.0 Å². The Labute approximate surface area is 318 Å². The summed E-state index contributed by atoms with van der Waals surface area (Å²) >= 11 is 28.0. The first kappa shape index (κ1) is 34.6. The minimum atomic E-state index is -0.241. The average Bonchev–Trinajstić information content (AvgIpc) is 3.73. The minimum Gasteiger partial charge on any atom is -0.481 e. The van der Waals surface area contributed by atoms with Crippen LogP contribution >= 0.6 is 46.4 Å². The molecule has 2 fully saturated rings. The number of ether oxygens (including phenoxy) is 2. The van der Waals surface area contributed by atoms with E-state index in [0.717, 1.165) is 0 Å². The Balaban J connectivity index is 1.11. The zero-order chi connectivity index (χ0) is 36.3. The van der Waals surface area contributed by atoms with Crippen molar-refractivity contribution in [2.45, 2.75) is 37.8 Å². The van der Waals surface area contributed by atoms with Crippen LogP contribution in [0, 0.1) is 0 Å². The highest BCUT2D eigenvalue weighted by Crippen LogP contribution is 2.48. The number of nitrogens with one attached hydrogen (secondary N) is 2. The molecule has 52 heavy (non-hydrogen) atoms. The molecule has 4 heterocycles. The van der Waals surface area contributed by atoms with Gasteiger partial charge in [-0.3, -0.25) is 19.2 Å². The number of carbonyl (C=O) groups is 4. The number of hydrogen-bond acceptors (Lipinski definition) is 6. The SMILES string of the molecule is O=C1CC[C@@H](CN2C(=O)COc3cc(-c4cccc(-c5cccc(-c6cc(Cl)c7c(c6)OCC(=O)N7C[C@@H]6CCC(=O)N6)c5Cl)c4Cl)cc(Cl)c32)N1. The van der Waals surface area contributed by atoms with Crippen LogP contribution in [0.3, 0.4) is 0 Å². The van der Waals surface area contributed by atoms with Gasteiger partial charge >= 0.3 is 0 Å². The average molecular weight is 780 g/mol. The third kappa shape index (κ3) is 6.32. The molecule has 0 radical (unpaired) electrons. The molecule has 8 rings (SSSR count). The van der Waals surface area contributed by atoms with Crippen molar-refractivity contribution in [1.82, 2.24) is 10.6 Å². The first-order chi connectivity index (χ1) is 25.0. The fraction of sp³-hybridized carbons (Fsp3) is 0.263. The lowest BCUT2D eigenvalue weighted by Gasteiger charge is -2.32. The summed E-state index contributed by atoms with van der Waals surface area (Å²) in [6.07, 6.45) is 2.11. The summed E-state index contributed by atoms with van der Waals surface area (Å²) in [5, 5.41) is 7.29. The summed E-state index contributed by atoms with van der Waals surface area (Å²) in [6.45, 7) is 0.273. The van der Waals surface area contributed by atoms with E-state index in [1.807, 2.05) is 36.4 Å². The third-order valence-corrected chi connectivity index (χ3v) is 11.2. The number of halogens is 4. The number of anilines is 2. The van der Waals surface area contributed by atoms with Crippen LogP contribution in [0.4, 0.5) is 11.4 Å². The second-order valence-electron chi connectivity index (χ2n) is 13.1. The van der Waals surface area contributed by atoms with Gasteiger partial charge in [0.25, 0.3) is 11.8 Å². The highest BCUT2D eigenvalue weighted by molar-refractivity contribution is 6.40. The van der Waals surface area contributed by atoms with Crippen molar-refractivity contribution < 1.29 is 28.7 Å². The lowest BCUT2D eigenvalue weighted by molar-refractivity contribution is -0.122. The maximum absolute atomic E-state index is 12.9. The van der Waals surface area contributed by atoms with Crippen LogP contribution in [0.5, 0.6) is 11.5 Å². The van der Waals surface area contributed by atoms with Crippen molar-refractivity contribution in [1.29, 1.82) is 0 Å². The van der Waals surface area contributed by atoms with E-state index in [4.69, 9.17) is 55.9 Å². The minimum absolute atomic E-state index is 0.0368. The van der Waals surface area contributed by atoms with Gasteiger partial charge in [-0.15, -0.1) is 0 Å². The van der Waals surface area contributed by atoms with Crippen LogP contribution in [0.1, 0.15) is 25.7 Å². The van der Waals surface area contributed by atoms with Crippen molar-refractivity contribution in [2.24, 2.45) is 0 Å². The van der Waals surface area contributed by atoms with Gasteiger partial charge < -0.3 is 29.9 Å². The predicted molar refractivity (Wildman–Crippen MR) is 201 cm³/mol. The Morgan fingerprint density at radius 1 is 0.596 bits per heavy atom. The summed E-state index contributed by atoms with van der Waals surface area (Å²) < 4.78 is 11.7. The maximum atomic E-state index is 12.9. The third-order valence-electron chi connectivity index (χ3n) is 9.79. The molecule has 4 aromatic rings. The summed E-state index contributed by atoms with van der Waals surface area (Å²) in [4.78, 5) is 52.5. The molecule has 4 aliphatic heterocycles. The van der Waals surface area contributed by atoms with Gasteiger partial charge in [-0.2, -0.15) is 0 Å². The van der Waals surface area contributed by atoms with Gasteiger partial charge in [-0.1, -0.05) is 82.8 Å². The van der Waals surface area contributed by atoms with E-state index in [1.165, 1.54) is 0 Å². The molecule has 266 valence electrons. The Kier molecular flexibility index (Phi) is 9.19. The number of fused-ring (bicyclic) bond motifs is 2. The molecule has 4 aliphatic rings. The molecule has 2 saturated heterocycles. The fourth-order valence-corrected chi connectivity index (χ4v) is 8.57. The van der Waals surface area contributed by atoms with Crippen LogP contribution < -0.4 is 29.9 Å². The van der Waals surface area contributed by atoms with Crippen LogP contribution in [0.15, 0.2) is 60.7 Å². The largest absolute Gasteiger partial charge is 0.481 e. The number of amides is 4. The van der Waals surface area contributed by atoms with E-state index in [2.05, 4.69) is 10.6 Å². The lowest BCUT2D eigenvalue weighted by Crippen LogP contribution is -2.46. The molecule has 0 aliphatic carbocycles. The molecule has 4 amide bonds. The smallest absolute Gasteiger partial charge is 0.265 e. The van der Waals surface area contributed by atoms with E-state index in [0.29, 0.717) is 115 Å². The van der Waals surface area contributed by atoms with Crippen molar-refractivity contribution in [2.75, 3.05) is 36.1 Å². The molecule has 0 spiro atoms. The highest BCUT2D eigenvalue weighted by Gasteiger charge is 2.35. The van der Waals surface area contributed by atoms with Crippen molar-refractivity contribution in [3.63, 3.8) is 0 Å². The topological polar surface area (TPSA) is 117 Å². The van der Waals surface area contributed by atoms with E-state index in [9.17, 15) is 19.2 Å². The Morgan fingerprint density at radius 3 is 1.38 bits per heavy atom. The summed E-state index contributed by atoms with van der Waals surface area (Å²) in [5.74, 6) is 0.319. The quantitative estimate of drug-likeness (QED) is 0.203. The van der Waals surface area contributed by atoms with E-state index in [1.54, 1.807) is 34.1 Å². The maximum Gasteiger partial charge on any atom is 0.265 e. The van der Waals surface area contributed by atoms with Crippen LogP contribution in [0.2, 0.25) is 20.1 Å². The van der Waals surface area contributed by atoms with Gasteiger partial charge in [0.2, 0.25) is 11.8 Å². The molecule has 14 heteroatoms. The van der Waals surface area contributed by atoms with Crippen LogP contribution in [-0.2, 0) is 19.2 Å². The molecular formula is C38H30Cl4N4O6. The number of nitrogens with zero attached hydrogens (tertiary/aromatic N) is 2. The zero-order valence-corrected chi connectivity index (χ0v) is 30.5. The van der Waals surface area contributed by atoms with E-state index >= 15 is 0 Å². The molecule has 2 N–H and O–H groups in total. The Morgan fingerprint density at radius 2 is 1.00 bits per heavy atom. The number of rotatable bonds is 7. The first-order valence-corrected chi connectivity index (χ1v) is 18.3. The number of benzene rings is 4. The van der Waals surface area contributed by atoms with Gasteiger partial charge in [0.15, 0.2) is 13.2 Å². The number of hydrogen-bond donors (Lipinski definition) is 2. The molecule has 0 saturated carbocycles. The molecule has 0 bridgehead atoms. The van der Waals surface area contributed by atoms with Gasteiger partial charge in [0.05, 0.1) is 20.1 Å². The monoisotopic (exact) mass is 778 g/mol. The Bertz CT molecular complexity index is 2040. The molecule has 10 nitrogen and oxygen atoms in total. The normalized spacial score (nSPS) is 19.5. The molecule has 0 aromatic heterocycles. The standard InChI is InChI=1S/C38H30Cl4N4O6/c39-27-11-19(13-29-37(27)45(33(49)17-51-29)15-21-7-9-31(47)43-21)23-3-1-5-25(35(23)41)26-6-2-4-24(36(26)42)20-12-28(40)38-30(14-20)52-18-34(50)46(38)16-22-8-10-32(48)44-22/h1-6,11-14,21-22H,7-10,15-18H2,(H,43,47)(H,44,48)/t21-,22-/m0/s1. The van der Waals surface area contributed by atoms with Gasteiger partial charge in [-0.25, -0.2) is 0 Å². The molecule has 2 atom stereocenters.